The van der Waals surface area contributed by atoms with Crippen LogP contribution in [0, 0.1) is 16.0 Å². The lowest BCUT2D eigenvalue weighted by atomic mass is 9.87. The Hall–Kier alpha value is -1.04. The summed E-state index contributed by atoms with van der Waals surface area (Å²) < 4.78 is 4.65. The normalized spacial score (nSPS) is 25.7. The van der Waals surface area contributed by atoms with Gasteiger partial charge in [0.05, 0.1) is 5.92 Å². The highest BCUT2D eigenvalue weighted by Crippen LogP contribution is 2.27. The molecule has 0 spiro atoms. The minimum absolute atomic E-state index is 0.149. The van der Waals surface area contributed by atoms with Crippen molar-refractivity contribution in [3.63, 3.8) is 0 Å². The molecule has 0 atom stereocenters. The number of hydrogen-bond donors (Lipinski definition) is 0. The van der Waals surface area contributed by atoms with Crippen LogP contribution in [0.5, 0.6) is 0 Å². The fraction of sp³-hybridized carbons (Fsp3) is 0.875. The number of halogens is 1. The number of rotatable bonds is 4. The van der Waals surface area contributed by atoms with Crippen molar-refractivity contribution in [3.05, 3.63) is 10.1 Å². The number of hydrogen-bond acceptors (Lipinski definition) is 5. The molecule has 0 aromatic rings. The van der Waals surface area contributed by atoms with Gasteiger partial charge in [0.15, 0.2) is 6.07 Å². The molecule has 0 aliphatic heterocycles. The van der Waals surface area contributed by atoms with Crippen molar-refractivity contribution in [2.75, 3.05) is 6.07 Å². The second-order valence-electron chi connectivity index (χ2n) is 3.38. The monoisotopic (exact) mass is 237 g/mol. The van der Waals surface area contributed by atoms with Gasteiger partial charge in [-0.2, -0.15) is 0 Å². The minimum Gasteiger partial charge on any atom is -0.449 e. The molecule has 0 radical (unpaired) electrons. The van der Waals surface area contributed by atoms with Crippen LogP contribution in [-0.4, -0.2) is 23.2 Å². The summed E-state index contributed by atoms with van der Waals surface area (Å²) in [6.07, 6.45) is 1.72. The number of carbonyl (C=O) groups is 1. The average Bonchev–Trinajstić information content (AvgIpc) is 2.18. The van der Waals surface area contributed by atoms with E-state index >= 15 is 0 Å². The summed E-state index contributed by atoms with van der Waals surface area (Å²) in [6, 6.07) is -0.149. The molecule has 0 amide bonds. The second-order valence-corrected chi connectivity index (χ2v) is 3.59. The molecule has 7 heteroatoms. The maximum absolute atomic E-state index is 11.2. The zero-order valence-electron chi connectivity index (χ0n) is 8.06. The predicted octanol–water partition coefficient (Wildman–Crippen LogP) is 1.49. The molecule has 0 aromatic heterocycles. The SMILES string of the molecule is O=C(OCCl)C1CCC(O[N+](=O)[O-])CC1. The van der Waals surface area contributed by atoms with Gasteiger partial charge in [-0.25, -0.2) is 0 Å². The molecule has 0 bridgehead atoms. The van der Waals surface area contributed by atoms with E-state index in [-0.39, 0.29) is 24.1 Å². The molecule has 1 saturated carbocycles. The first-order valence-electron chi connectivity index (χ1n) is 4.67. The van der Waals surface area contributed by atoms with E-state index in [2.05, 4.69) is 9.57 Å². The molecule has 1 rings (SSSR count). The van der Waals surface area contributed by atoms with Crippen molar-refractivity contribution in [1.29, 1.82) is 0 Å². The second kappa shape index (κ2) is 5.75. The Bertz CT molecular complexity index is 239. The van der Waals surface area contributed by atoms with Gasteiger partial charge in [-0.05, 0) is 25.7 Å². The van der Waals surface area contributed by atoms with Gasteiger partial charge in [-0.1, -0.05) is 11.6 Å². The first-order valence-corrected chi connectivity index (χ1v) is 5.20. The van der Waals surface area contributed by atoms with Crippen molar-refractivity contribution in [3.8, 4) is 0 Å². The summed E-state index contributed by atoms with van der Waals surface area (Å²) in [5, 5.41) is 9.27. The third kappa shape index (κ3) is 3.91. The Morgan fingerprint density at radius 1 is 1.40 bits per heavy atom. The van der Waals surface area contributed by atoms with Gasteiger partial charge in [0.2, 0.25) is 0 Å². The van der Waals surface area contributed by atoms with E-state index in [1.165, 1.54) is 0 Å². The van der Waals surface area contributed by atoms with E-state index in [4.69, 9.17) is 11.6 Å². The van der Waals surface area contributed by atoms with E-state index in [0.717, 1.165) is 0 Å². The number of esters is 1. The Morgan fingerprint density at radius 3 is 2.47 bits per heavy atom. The molecule has 86 valence electrons. The Labute approximate surface area is 91.6 Å². The average molecular weight is 238 g/mol. The maximum Gasteiger partial charge on any atom is 0.310 e. The van der Waals surface area contributed by atoms with Gasteiger partial charge >= 0.3 is 5.97 Å². The van der Waals surface area contributed by atoms with Crippen LogP contribution in [0.2, 0.25) is 0 Å². The smallest absolute Gasteiger partial charge is 0.310 e. The summed E-state index contributed by atoms with van der Waals surface area (Å²) in [5.74, 6) is -0.528. The standard InChI is InChI=1S/C8H12ClNO5/c9-5-14-8(11)6-1-3-7(4-2-6)15-10(12)13/h6-7H,1-5H2. The van der Waals surface area contributed by atoms with Crippen molar-refractivity contribution in [2.24, 2.45) is 5.92 Å². The van der Waals surface area contributed by atoms with Gasteiger partial charge in [0.1, 0.15) is 6.10 Å². The quantitative estimate of drug-likeness (QED) is 0.320. The lowest BCUT2D eigenvalue weighted by Crippen LogP contribution is -2.28. The van der Waals surface area contributed by atoms with Crippen LogP contribution in [0.3, 0.4) is 0 Å². The fourth-order valence-electron chi connectivity index (χ4n) is 1.70. The van der Waals surface area contributed by atoms with Gasteiger partial charge < -0.3 is 9.57 Å². The third-order valence-electron chi connectivity index (χ3n) is 2.44. The van der Waals surface area contributed by atoms with Crippen LogP contribution < -0.4 is 0 Å². The summed E-state index contributed by atoms with van der Waals surface area (Å²) in [6.45, 7) is 0. The summed E-state index contributed by atoms with van der Waals surface area (Å²) in [7, 11) is 0. The Kier molecular flexibility index (Phi) is 4.61. The van der Waals surface area contributed by atoms with Crippen molar-refractivity contribution in [1.82, 2.24) is 0 Å². The molecular formula is C8H12ClNO5. The summed E-state index contributed by atoms with van der Waals surface area (Å²) in [5.41, 5.74) is 0. The molecular weight excluding hydrogens is 226 g/mol. The largest absolute Gasteiger partial charge is 0.449 e. The molecule has 6 nitrogen and oxygen atoms in total. The third-order valence-corrected chi connectivity index (χ3v) is 2.55. The van der Waals surface area contributed by atoms with E-state index < -0.39 is 5.09 Å². The Morgan fingerprint density at radius 2 is 2.00 bits per heavy atom. The highest BCUT2D eigenvalue weighted by atomic mass is 35.5. The molecule has 0 heterocycles. The van der Waals surface area contributed by atoms with E-state index in [1.807, 2.05) is 0 Å². The molecule has 0 saturated heterocycles. The first kappa shape index (κ1) is 12.0. The molecule has 0 aromatic carbocycles. The van der Waals surface area contributed by atoms with Crippen molar-refractivity contribution in [2.45, 2.75) is 31.8 Å². The van der Waals surface area contributed by atoms with Gasteiger partial charge in [0.25, 0.3) is 5.09 Å². The van der Waals surface area contributed by atoms with Crippen LogP contribution in [-0.2, 0) is 14.4 Å². The van der Waals surface area contributed by atoms with Gasteiger partial charge in [0, 0.05) is 0 Å². The van der Waals surface area contributed by atoms with E-state index in [0.29, 0.717) is 25.7 Å². The fourth-order valence-corrected chi connectivity index (χ4v) is 1.80. The lowest BCUT2D eigenvalue weighted by Gasteiger charge is -2.25. The number of alkyl halides is 1. The highest BCUT2D eigenvalue weighted by Gasteiger charge is 2.28. The molecule has 0 N–H and O–H groups in total. The van der Waals surface area contributed by atoms with Crippen LogP contribution >= 0.6 is 11.6 Å². The van der Waals surface area contributed by atoms with Crippen LogP contribution in [0.25, 0.3) is 0 Å². The molecule has 0 unspecified atom stereocenters. The van der Waals surface area contributed by atoms with Crippen molar-refractivity contribution < 1.29 is 19.5 Å². The molecule has 1 fully saturated rings. The summed E-state index contributed by atoms with van der Waals surface area (Å²) in [4.78, 5) is 25.7. The highest BCUT2D eigenvalue weighted by molar-refractivity contribution is 6.17. The lowest BCUT2D eigenvalue weighted by molar-refractivity contribution is -0.769. The van der Waals surface area contributed by atoms with Crippen LogP contribution in [0.15, 0.2) is 0 Å². The van der Waals surface area contributed by atoms with E-state index in [1.54, 1.807) is 0 Å². The minimum atomic E-state index is -0.790. The number of carbonyl (C=O) groups excluding carboxylic acids is 1. The topological polar surface area (TPSA) is 78.7 Å². The predicted molar refractivity (Wildman–Crippen MR) is 50.6 cm³/mol. The van der Waals surface area contributed by atoms with Gasteiger partial charge in [-0.15, -0.1) is 10.1 Å². The molecule has 15 heavy (non-hydrogen) atoms. The Balaban J connectivity index is 2.29. The summed E-state index contributed by atoms with van der Waals surface area (Å²) >= 11 is 5.26. The van der Waals surface area contributed by atoms with Crippen molar-refractivity contribution >= 4 is 17.6 Å². The molecule has 1 aliphatic carbocycles. The van der Waals surface area contributed by atoms with Crippen LogP contribution in [0.4, 0.5) is 0 Å². The number of ether oxygens (including phenoxy) is 1. The maximum atomic E-state index is 11.2. The van der Waals surface area contributed by atoms with Gasteiger partial charge in [-0.3, -0.25) is 4.79 Å². The van der Waals surface area contributed by atoms with E-state index in [9.17, 15) is 14.9 Å². The molecule has 1 aliphatic rings. The van der Waals surface area contributed by atoms with Crippen LogP contribution in [0.1, 0.15) is 25.7 Å². The number of nitrogens with zero attached hydrogens (tertiary/aromatic N) is 1. The first-order chi connectivity index (χ1) is 7.13. The zero-order valence-corrected chi connectivity index (χ0v) is 8.81. The zero-order chi connectivity index (χ0) is 11.3.